The van der Waals surface area contributed by atoms with E-state index in [9.17, 15) is 19.2 Å². The fourth-order valence-electron chi connectivity index (χ4n) is 4.89. The zero-order valence-electron chi connectivity index (χ0n) is 25.9. The van der Waals surface area contributed by atoms with Gasteiger partial charge in [-0.05, 0) is 74.9 Å². The lowest BCUT2D eigenvalue weighted by Gasteiger charge is -2.38. The molecule has 0 aliphatic carbocycles. The van der Waals surface area contributed by atoms with Crippen LogP contribution in [0.2, 0.25) is 0 Å². The van der Waals surface area contributed by atoms with E-state index in [0.29, 0.717) is 23.6 Å². The molecular formula is C34H44N4O5. The van der Waals surface area contributed by atoms with E-state index in [2.05, 4.69) is 24.5 Å². The standard InChI is InChI=1S/C34H44N4O5/c1-22(2)16-17-23(3)38(32(41)28(21-29(35)39)37-33(42)43-34(4,5)6)30(25-13-8-7-9-14-25)31(40)36-27-19-18-24-12-10-11-15-26(24)20-27/h7-15,18-20,22-23,28,30H,16-17,21H2,1-6H3,(H2,35,39)(H,36,40)(H,37,42). The number of anilines is 1. The number of rotatable bonds is 12. The number of primary amides is 1. The highest BCUT2D eigenvalue weighted by Crippen LogP contribution is 2.29. The van der Waals surface area contributed by atoms with Gasteiger partial charge in [-0.15, -0.1) is 0 Å². The molecule has 0 spiro atoms. The van der Waals surface area contributed by atoms with Crippen molar-refractivity contribution in [1.29, 1.82) is 0 Å². The Morgan fingerprint density at radius 3 is 2.09 bits per heavy atom. The van der Waals surface area contributed by atoms with Gasteiger partial charge >= 0.3 is 6.09 Å². The molecule has 3 atom stereocenters. The van der Waals surface area contributed by atoms with Crippen molar-refractivity contribution < 1.29 is 23.9 Å². The van der Waals surface area contributed by atoms with Crippen molar-refractivity contribution in [2.75, 3.05) is 5.32 Å². The molecule has 0 radical (unpaired) electrons. The summed E-state index contributed by atoms with van der Waals surface area (Å²) in [5.41, 5.74) is 5.85. The van der Waals surface area contributed by atoms with Crippen LogP contribution in [0.15, 0.2) is 72.8 Å². The first-order chi connectivity index (χ1) is 20.2. The van der Waals surface area contributed by atoms with Crippen LogP contribution in [0.3, 0.4) is 0 Å². The Morgan fingerprint density at radius 1 is 0.860 bits per heavy atom. The number of fused-ring (bicyclic) bond motifs is 1. The van der Waals surface area contributed by atoms with E-state index in [-0.39, 0.29) is 0 Å². The number of amides is 4. The van der Waals surface area contributed by atoms with Gasteiger partial charge in [0.05, 0.1) is 6.42 Å². The fraction of sp³-hybridized carbons (Fsp3) is 0.412. The third-order valence-corrected chi connectivity index (χ3v) is 6.94. The summed E-state index contributed by atoms with van der Waals surface area (Å²) in [6.45, 7) is 11.1. The van der Waals surface area contributed by atoms with E-state index in [1.54, 1.807) is 45.0 Å². The number of hydrogen-bond donors (Lipinski definition) is 3. The maximum atomic E-state index is 14.4. The van der Waals surface area contributed by atoms with Crippen molar-refractivity contribution in [3.8, 4) is 0 Å². The van der Waals surface area contributed by atoms with Gasteiger partial charge in [0, 0.05) is 11.7 Å². The molecule has 3 aromatic carbocycles. The quantitative estimate of drug-likeness (QED) is 0.241. The number of nitrogens with one attached hydrogen (secondary N) is 2. The van der Waals surface area contributed by atoms with Gasteiger partial charge in [0.2, 0.25) is 11.8 Å². The third-order valence-electron chi connectivity index (χ3n) is 6.94. The van der Waals surface area contributed by atoms with Gasteiger partial charge in [0.1, 0.15) is 17.7 Å². The second kappa shape index (κ2) is 14.7. The molecule has 43 heavy (non-hydrogen) atoms. The van der Waals surface area contributed by atoms with E-state index in [1.165, 1.54) is 4.90 Å². The molecule has 0 bridgehead atoms. The molecule has 0 aromatic heterocycles. The highest BCUT2D eigenvalue weighted by atomic mass is 16.6. The largest absolute Gasteiger partial charge is 0.444 e. The third kappa shape index (κ3) is 9.84. The van der Waals surface area contributed by atoms with Crippen LogP contribution in [-0.2, 0) is 19.1 Å². The van der Waals surface area contributed by atoms with Crippen LogP contribution in [0.4, 0.5) is 10.5 Å². The van der Waals surface area contributed by atoms with Gasteiger partial charge in [0.15, 0.2) is 0 Å². The first-order valence-corrected chi connectivity index (χ1v) is 14.7. The predicted octanol–water partition coefficient (Wildman–Crippen LogP) is 5.94. The number of nitrogens with zero attached hydrogens (tertiary/aromatic N) is 1. The summed E-state index contributed by atoms with van der Waals surface area (Å²) in [5.74, 6) is -1.46. The number of ether oxygens (including phenoxy) is 1. The predicted molar refractivity (Wildman–Crippen MR) is 169 cm³/mol. The van der Waals surface area contributed by atoms with Crippen LogP contribution in [0.25, 0.3) is 10.8 Å². The van der Waals surface area contributed by atoms with Crippen LogP contribution in [-0.4, -0.2) is 46.4 Å². The zero-order chi connectivity index (χ0) is 31.7. The SMILES string of the molecule is CC(C)CCC(C)N(C(=O)C(CC(N)=O)NC(=O)OC(C)(C)C)C(C(=O)Nc1ccc2ccccc2c1)c1ccccc1. The van der Waals surface area contributed by atoms with E-state index in [0.717, 1.165) is 17.2 Å². The first kappa shape index (κ1) is 33.1. The molecule has 0 aliphatic heterocycles. The Kier molecular flexibility index (Phi) is 11.3. The fourth-order valence-corrected chi connectivity index (χ4v) is 4.89. The van der Waals surface area contributed by atoms with Crippen LogP contribution >= 0.6 is 0 Å². The van der Waals surface area contributed by atoms with Crippen molar-refractivity contribution in [2.24, 2.45) is 11.7 Å². The summed E-state index contributed by atoms with van der Waals surface area (Å²) in [6.07, 6.45) is 0.0581. The molecular weight excluding hydrogens is 544 g/mol. The Hall–Kier alpha value is -4.40. The summed E-state index contributed by atoms with van der Waals surface area (Å²) in [6, 6.07) is 19.6. The highest BCUT2D eigenvalue weighted by Gasteiger charge is 2.39. The molecule has 0 heterocycles. The molecule has 9 heteroatoms. The van der Waals surface area contributed by atoms with Crippen LogP contribution in [0.1, 0.15) is 72.4 Å². The summed E-state index contributed by atoms with van der Waals surface area (Å²) >= 11 is 0. The number of benzene rings is 3. The van der Waals surface area contributed by atoms with Gasteiger partial charge in [-0.25, -0.2) is 4.79 Å². The lowest BCUT2D eigenvalue weighted by Crippen LogP contribution is -2.55. The zero-order valence-corrected chi connectivity index (χ0v) is 25.9. The molecule has 9 nitrogen and oxygen atoms in total. The molecule has 0 saturated heterocycles. The topological polar surface area (TPSA) is 131 Å². The van der Waals surface area contributed by atoms with Gasteiger partial charge in [0.25, 0.3) is 5.91 Å². The van der Waals surface area contributed by atoms with Crippen LogP contribution < -0.4 is 16.4 Å². The average molecular weight is 589 g/mol. The van der Waals surface area contributed by atoms with Crippen molar-refractivity contribution in [2.45, 2.75) is 84.5 Å². The summed E-state index contributed by atoms with van der Waals surface area (Å²) in [7, 11) is 0. The molecule has 3 rings (SSSR count). The van der Waals surface area contributed by atoms with Gasteiger partial charge in [-0.1, -0.05) is 74.5 Å². The van der Waals surface area contributed by atoms with Crippen molar-refractivity contribution >= 4 is 40.3 Å². The number of nitrogens with two attached hydrogens (primary N) is 1. The molecule has 3 unspecified atom stereocenters. The average Bonchev–Trinajstić information content (AvgIpc) is 2.93. The van der Waals surface area contributed by atoms with Crippen LogP contribution in [0.5, 0.6) is 0 Å². The van der Waals surface area contributed by atoms with Gasteiger partial charge < -0.3 is 26.0 Å². The summed E-state index contributed by atoms with van der Waals surface area (Å²) < 4.78 is 5.37. The Labute approximate surface area is 254 Å². The minimum absolute atomic E-state index is 0.349. The van der Waals surface area contributed by atoms with Crippen molar-refractivity contribution in [1.82, 2.24) is 10.2 Å². The van der Waals surface area contributed by atoms with E-state index in [4.69, 9.17) is 10.5 Å². The van der Waals surface area contributed by atoms with E-state index < -0.39 is 54.0 Å². The second-order valence-corrected chi connectivity index (χ2v) is 12.3. The monoisotopic (exact) mass is 588 g/mol. The smallest absolute Gasteiger partial charge is 0.408 e. The lowest BCUT2D eigenvalue weighted by molar-refractivity contribution is -0.144. The second-order valence-electron chi connectivity index (χ2n) is 12.3. The Balaban J connectivity index is 2.07. The molecule has 4 N–H and O–H groups in total. The van der Waals surface area contributed by atoms with Crippen molar-refractivity contribution in [3.05, 3.63) is 78.4 Å². The number of carbonyl (C=O) groups excluding carboxylic acids is 4. The minimum atomic E-state index is -1.34. The number of carbonyl (C=O) groups is 4. The molecule has 230 valence electrons. The highest BCUT2D eigenvalue weighted by molar-refractivity contribution is 6.01. The Bertz CT molecular complexity index is 1420. The van der Waals surface area contributed by atoms with Crippen molar-refractivity contribution in [3.63, 3.8) is 0 Å². The van der Waals surface area contributed by atoms with E-state index in [1.807, 2.05) is 55.5 Å². The minimum Gasteiger partial charge on any atom is -0.444 e. The molecule has 0 aliphatic rings. The number of alkyl carbamates (subject to hydrolysis) is 1. The molecule has 4 amide bonds. The maximum Gasteiger partial charge on any atom is 0.408 e. The summed E-state index contributed by atoms with van der Waals surface area (Å²) in [5, 5.41) is 7.52. The number of hydrogen-bond acceptors (Lipinski definition) is 5. The first-order valence-electron chi connectivity index (χ1n) is 14.7. The Morgan fingerprint density at radius 2 is 1.49 bits per heavy atom. The van der Waals surface area contributed by atoms with Gasteiger partial charge in [-0.2, -0.15) is 0 Å². The van der Waals surface area contributed by atoms with Crippen LogP contribution in [0, 0.1) is 5.92 Å². The molecule has 0 saturated carbocycles. The normalized spacial score (nSPS) is 13.6. The van der Waals surface area contributed by atoms with E-state index >= 15 is 0 Å². The van der Waals surface area contributed by atoms with Gasteiger partial charge in [-0.3, -0.25) is 14.4 Å². The summed E-state index contributed by atoms with van der Waals surface area (Å²) in [4.78, 5) is 54.9. The lowest BCUT2D eigenvalue weighted by atomic mass is 9.96. The molecule has 0 fully saturated rings. The maximum absolute atomic E-state index is 14.4. The molecule has 3 aromatic rings.